The fourth-order valence-corrected chi connectivity index (χ4v) is 7.50. The second kappa shape index (κ2) is 11.0. The van der Waals surface area contributed by atoms with E-state index in [0.717, 1.165) is 25.9 Å². The van der Waals surface area contributed by atoms with Crippen molar-refractivity contribution < 1.29 is 33.7 Å². The maximum absolute atomic E-state index is 15.2. The highest BCUT2D eigenvalue weighted by Gasteiger charge is 2.59. The van der Waals surface area contributed by atoms with E-state index in [1.165, 1.54) is 35.8 Å². The summed E-state index contributed by atoms with van der Waals surface area (Å²) in [6.45, 7) is 6.00. The van der Waals surface area contributed by atoms with Gasteiger partial charge in [0, 0.05) is 60.4 Å². The molecule has 1 amide bonds. The lowest BCUT2D eigenvalue weighted by Crippen LogP contribution is -2.63. The van der Waals surface area contributed by atoms with Gasteiger partial charge in [0.1, 0.15) is 23.7 Å². The number of benzene rings is 1. The summed E-state index contributed by atoms with van der Waals surface area (Å²) in [7, 11) is 0. The number of fused-ring (bicyclic) bond motifs is 2. The Morgan fingerprint density at radius 2 is 1.93 bits per heavy atom. The van der Waals surface area contributed by atoms with Crippen molar-refractivity contribution in [1.82, 2.24) is 14.8 Å². The molecule has 224 valence electrons. The van der Waals surface area contributed by atoms with Crippen molar-refractivity contribution in [3.63, 3.8) is 0 Å². The van der Waals surface area contributed by atoms with Gasteiger partial charge in [-0.2, -0.15) is 0 Å². The molecule has 1 aliphatic carbocycles. The van der Waals surface area contributed by atoms with Crippen molar-refractivity contribution in [2.45, 2.75) is 44.9 Å². The lowest BCUT2D eigenvalue weighted by molar-refractivity contribution is -0.163. The number of carbonyl (C=O) groups is 3. The molecule has 3 N–H and O–H groups in total. The first-order valence-corrected chi connectivity index (χ1v) is 15.2. The lowest BCUT2D eigenvalue weighted by atomic mass is 9.79. The number of halogens is 1. The first-order valence-electron chi connectivity index (χ1n) is 14.2. The number of nitrogens with one attached hydrogen (secondary N) is 1. The molecule has 4 atom stereocenters. The largest absolute Gasteiger partial charge is 0.477 e. The molecule has 6 rings (SSSR count). The number of amides is 1. The van der Waals surface area contributed by atoms with E-state index in [9.17, 15) is 29.4 Å². The smallest absolute Gasteiger partial charge is 0.353 e. The van der Waals surface area contributed by atoms with Crippen molar-refractivity contribution in [2.75, 3.05) is 43.4 Å². The number of carbonyl (C=O) groups excluding carboxylic acids is 2. The number of aliphatic hydroxyl groups is 1. The molecule has 1 aromatic carbocycles. The minimum Gasteiger partial charge on any atom is -0.477 e. The second-order valence-corrected chi connectivity index (χ2v) is 12.5. The van der Waals surface area contributed by atoms with Crippen LogP contribution >= 0.6 is 11.8 Å². The zero-order chi connectivity index (χ0) is 29.9. The quantitative estimate of drug-likeness (QED) is 0.222. The molecular formula is C29H33FN4O7S. The molecule has 2 saturated heterocycles. The van der Waals surface area contributed by atoms with Gasteiger partial charge < -0.3 is 34.6 Å². The number of nitrogens with zero attached hydrogens (tertiary/aromatic N) is 3. The van der Waals surface area contributed by atoms with E-state index in [1.807, 2.05) is 16.4 Å². The number of ether oxygens (including phenoxy) is 1. The third-order valence-electron chi connectivity index (χ3n) is 8.60. The molecule has 3 aliphatic heterocycles. The third-order valence-corrected chi connectivity index (χ3v) is 9.85. The number of aliphatic hydroxyl groups excluding tert-OH is 1. The number of hydrogen-bond acceptors (Lipinski definition) is 9. The van der Waals surface area contributed by atoms with E-state index in [2.05, 4.69) is 5.32 Å². The summed E-state index contributed by atoms with van der Waals surface area (Å²) < 4.78 is 22.5. The van der Waals surface area contributed by atoms with E-state index >= 15 is 4.39 Å². The van der Waals surface area contributed by atoms with Crippen LogP contribution in [0, 0.1) is 17.7 Å². The lowest BCUT2D eigenvalue weighted by Gasteiger charge is -2.46. The number of aliphatic carboxylic acids is 1. The van der Waals surface area contributed by atoms with Gasteiger partial charge in [0.2, 0.25) is 11.3 Å². The number of β-lactam (4-membered cyclic amide) rings is 1. The number of anilines is 1. The summed E-state index contributed by atoms with van der Waals surface area (Å²) in [4.78, 5) is 54.6. The Bertz CT molecular complexity index is 1560. The normalized spacial score (nSPS) is 24.6. The molecule has 0 spiro atoms. The molecule has 11 nitrogen and oxygen atoms in total. The Morgan fingerprint density at radius 3 is 2.57 bits per heavy atom. The van der Waals surface area contributed by atoms with Crippen molar-refractivity contribution in [3.05, 3.63) is 50.5 Å². The van der Waals surface area contributed by atoms with Crippen LogP contribution in [-0.2, 0) is 14.3 Å². The molecule has 2 aromatic rings. The summed E-state index contributed by atoms with van der Waals surface area (Å²) in [5.74, 6) is -3.76. The van der Waals surface area contributed by atoms with Gasteiger partial charge in [-0.15, -0.1) is 11.8 Å². The first kappa shape index (κ1) is 28.7. The van der Waals surface area contributed by atoms with Gasteiger partial charge >= 0.3 is 11.9 Å². The molecule has 0 unspecified atom stereocenters. The number of carboxylic acids is 1. The second-order valence-electron chi connectivity index (χ2n) is 11.3. The Labute approximate surface area is 245 Å². The van der Waals surface area contributed by atoms with E-state index in [4.69, 9.17) is 4.74 Å². The van der Waals surface area contributed by atoms with Gasteiger partial charge in [-0.3, -0.25) is 9.59 Å². The van der Waals surface area contributed by atoms with Crippen LogP contribution in [0.15, 0.2) is 33.7 Å². The molecule has 0 radical (unpaired) electrons. The predicted molar refractivity (Wildman–Crippen MR) is 154 cm³/mol. The number of piperazine rings is 1. The number of carboxylic acid groups (broad SMARTS) is 1. The van der Waals surface area contributed by atoms with E-state index in [-0.39, 0.29) is 41.0 Å². The summed E-state index contributed by atoms with van der Waals surface area (Å²) >= 11 is 1.17. The maximum Gasteiger partial charge on any atom is 0.353 e. The average molecular weight is 601 g/mol. The van der Waals surface area contributed by atoms with Crippen LogP contribution in [0.25, 0.3) is 10.9 Å². The fourth-order valence-electron chi connectivity index (χ4n) is 6.39. The highest BCUT2D eigenvalue weighted by Crippen LogP contribution is 2.50. The van der Waals surface area contributed by atoms with Crippen LogP contribution in [0.5, 0.6) is 0 Å². The number of aromatic nitrogens is 1. The standard InChI is InChI=1S/C29H33FN4O7S/c1-14-23-22(15(2)35)27(37)34(23)24(28(38)39)26(14)42-10-9-41-29(40)18-13-33(16-3-4-16)20-12-21(32-7-5-31-6-8-32)19(30)11-17(20)25(18)36/h11-16,22-23,31,35H,3-10H2,1-2H3,(H,38,39)/t14-,15-,22-,23-/m1/s1. The predicted octanol–water partition coefficient (Wildman–Crippen LogP) is 1.93. The summed E-state index contributed by atoms with van der Waals surface area (Å²) in [5, 5.41) is 23.2. The highest BCUT2D eigenvalue weighted by molar-refractivity contribution is 8.03. The monoisotopic (exact) mass is 600 g/mol. The van der Waals surface area contributed by atoms with Crippen molar-refractivity contribution in [1.29, 1.82) is 0 Å². The highest BCUT2D eigenvalue weighted by atomic mass is 32.2. The number of hydrogen-bond donors (Lipinski definition) is 3. The minimum absolute atomic E-state index is 0.102. The molecular weight excluding hydrogens is 567 g/mol. The molecule has 1 aromatic heterocycles. The molecule has 42 heavy (non-hydrogen) atoms. The van der Waals surface area contributed by atoms with E-state index in [1.54, 1.807) is 6.07 Å². The zero-order valence-corrected chi connectivity index (χ0v) is 24.2. The van der Waals surface area contributed by atoms with E-state index in [0.29, 0.717) is 29.2 Å². The molecule has 0 bridgehead atoms. The third kappa shape index (κ3) is 4.77. The van der Waals surface area contributed by atoms with Crippen LogP contribution < -0.4 is 15.6 Å². The summed E-state index contributed by atoms with van der Waals surface area (Å²) in [6, 6.07) is 2.60. The van der Waals surface area contributed by atoms with Gasteiger partial charge in [0.15, 0.2) is 0 Å². The zero-order valence-electron chi connectivity index (χ0n) is 23.3. The van der Waals surface area contributed by atoms with Gasteiger partial charge in [-0.1, -0.05) is 6.92 Å². The Kier molecular flexibility index (Phi) is 7.52. The Morgan fingerprint density at radius 1 is 1.21 bits per heavy atom. The molecule has 13 heteroatoms. The number of pyridine rings is 1. The van der Waals surface area contributed by atoms with Crippen LogP contribution in [-0.4, -0.2) is 88.2 Å². The average Bonchev–Trinajstić information content (AvgIpc) is 3.76. The van der Waals surface area contributed by atoms with Crippen molar-refractivity contribution >= 4 is 46.2 Å². The number of thioether (sulfide) groups is 1. The van der Waals surface area contributed by atoms with Crippen LogP contribution in [0.3, 0.4) is 0 Å². The minimum atomic E-state index is -1.23. The van der Waals surface area contributed by atoms with Gasteiger partial charge in [0.05, 0.1) is 29.3 Å². The number of rotatable bonds is 9. The molecule has 1 saturated carbocycles. The first-order chi connectivity index (χ1) is 20.1. The van der Waals surface area contributed by atoms with Crippen LogP contribution in [0.1, 0.15) is 43.1 Å². The molecule has 4 aliphatic rings. The van der Waals surface area contributed by atoms with Gasteiger partial charge in [0.25, 0.3) is 0 Å². The van der Waals surface area contributed by atoms with Gasteiger partial charge in [-0.05, 0) is 31.9 Å². The van der Waals surface area contributed by atoms with Crippen molar-refractivity contribution in [2.24, 2.45) is 11.8 Å². The Balaban J connectivity index is 1.19. The Hall–Kier alpha value is -3.42. The summed E-state index contributed by atoms with van der Waals surface area (Å²) in [6.07, 6.45) is 2.39. The molecule has 4 heterocycles. The van der Waals surface area contributed by atoms with Crippen molar-refractivity contribution in [3.8, 4) is 0 Å². The van der Waals surface area contributed by atoms with Gasteiger partial charge in [-0.25, -0.2) is 14.0 Å². The van der Waals surface area contributed by atoms with E-state index < -0.39 is 47.2 Å². The summed E-state index contributed by atoms with van der Waals surface area (Å²) in [5.41, 5.74) is 0.144. The van der Waals surface area contributed by atoms with Crippen LogP contribution in [0.4, 0.5) is 10.1 Å². The molecule has 3 fully saturated rings. The number of esters is 1. The fraction of sp³-hybridized carbons (Fsp3) is 0.517. The maximum atomic E-state index is 15.2. The SMILES string of the molecule is C[C@@H](O)[C@H]1C(=O)N2C(C(=O)O)=C(SCCOC(=O)c3cn(C4CC4)c4cc(N5CCNCC5)c(F)cc4c3=O)[C@H](C)[C@H]12. The topological polar surface area (TPSA) is 141 Å². The van der Waals surface area contributed by atoms with Crippen LogP contribution in [0.2, 0.25) is 0 Å².